The Balaban J connectivity index is 1.99. The molecule has 2 unspecified atom stereocenters. The minimum absolute atomic E-state index is 0.0492. The van der Waals surface area contributed by atoms with Crippen LogP contribution in [0.1, 0.15) is 13.3 Å². The quantitative estimate of drug-likeness (QED) is 0.694. The van der Waals surface area contributed by atoms with E-state index in [4.69, 9.17) is 5.11 Å². The van der Waals surface area contributed by atoms with Gasteiger partial charge in [-0.05, 0) is 25.1 Å². The van der Waals surface area contributed by atoms with Crippen LogP contribution in [0.2, 0.25) is 0 Å². The molecular weight excluding hydrogens is 368 g/mol. The maximum Gasteiger partial charge on any atom is 0.337 e. The maximum absolute atomic E-state index is 12.1. The van der Waals surface area contributed by atoms with Crippen LogP contribution in [0, 0.1) is 5.92 Å². The zero-order valence-corrected chi connectivity index (χ0v) is 14.0. The van der Waals surface area contributed by atoms with E-state index in [1.165, 1.54) is 4.90 Å². The average molecular weight is 385 g/mol. The molecule has 1 aromatic rings. The summed E-state index contributed by atoms with van der Waals surface area (Å²) in [5.41, 5.74) is -1.35. The second kappa shape index (κ2) is 6.67. The maximum atomic E-state index is 12.1. The molecule has 7 nitrogen and oxygen atoms in total. The largest absolute Gasteiger partial charge is 0.479 e. The van der Waals surface area contributed by atoms with Crippen molar-refractivity contribution in [3.05, 3.63) is 28.7 Å². The molecule has 0 spiro atoms. The first-order valence-corrected chi connectivity index (χ1v) is 7.79. The fourth-order valence-corrected chi connectivity index (χ4v) is 2.64. The molecule has 2 amide bonds. The summed E-state index contributed by atoms with van der Waals surface area (Å²) in [5.74, 6) is -2.62. The Morgan fingerprint density at radius 1 is 1.48 bits per heavy atom. The van der Waals surface area contributed by atoms with Gasteiger partial charge in [0, 0.05) is 23.1 Å². The number of aliphatic carboxylic acids is 1. The Kier molecular flexibility index (Phi) is 5.06. The van der Waals surface area contributed by atoms with Crippen molar-refractivity contribution in [2.75, 3.05) is 18.0 Å². The van der Waals surface area contributed by atoms with Crippen molar-refractivity contribution in [1.82, 2.24) is 5.32 Å². The highest BCUT2D eigenvalue weighted by Crippen LogP contribution is 2.27. The van der Waals surface area contributed by atoms with E-state index in [-0.39, 0.29) is 18.9 Å². The zero-order valence-electron chi connectivity index (χ0n) is 12.5. The number of nitrogens with zero attached hydrogens (tertiary/aromatic N) is 1. The first kappa shape index (κ1) is 17.4. The molecule has 1 aliphatic heterocycles. The Morgan fingerprint density at radius 2 is 2.17 bits per heavy atom. The van der Waals surface area contributed by atoms with Crippen LogP contribution in [0.3, 0.4) is 0 Å². The van der Waals surface area contributed by atoms with E-state index in [0.29, 0.717) is 5.69 Å². The van der Waals surface area contributed by atoms with Crippen LogP contribution < -0.4 is 10.2 Å². The summed E-state index contributed by atoms with van der Waals surface area (Å²) < 4.78 is 0.827. The zero-order chi connectivity index (χ0) is 17.2. The molecule has 2 rings (SSSR count). The lowest BCUT2D eigenvalue weighted by Crippen LogP contribution is -2.48. The number of carboxylic acid groups (broad SMARTS) is 1. The highest BCUT2D eigenvalue weighted by atomic mass is 79.9. The van der Waals surface area contributed by atoms with Crippen molar-refractivity contribution in [3.8, 4) is 0 Å². The van der Waals surface area contributed by atoms with Gasteiger partial charge in [-0.25, -0.2) is 4.79 Å². The van der Waals surface area contributed by atoms with E-state index in [2.05, 4.69) is 21.2 Å². The van der Waals surface area contributed by atoms with Gasteiger partial charge in [0.2, 0.25) is 11.8 Å². The van der Waals surface area contributed by atoms with Gasteiger partial charge in [0.1, 0.15) is 0 Å². The van der Waals surface area contributed by atoms with Crippen molar-refractivity contribution in [2.24, 2.45) is 5.92 Å². The number of amides is 2. The minimum atomic E-state index is -2.04. The van der Waals surface area contributed by atoms with Crippen LogP contribution in [0.4, 0.5) is 5.69 Å². The van der Waals surface area contributed by atoms with Gasteiger partial charge in [0.15, 0.2) is 5.60 Å². The molecule has 0 bridgehead atoms. The molecule has 23 heavy (non-hydrogen) atoms. The monoisotopic (exact) mass is 384 g/mol. The first-order valence-electron chi connectivity index (χ1n) is 7.00. The Morgan fingerprint density at radius 3 is 2.78 bits per heavy atom. The number of carboxylic acids is 1. The molecule has 1 aliphatic rings. The molecule has 1 fully saturated rings. The van der Waals surface area contributed by atoms with Gasteiger partial charge in [-0.2, -0.15) is 0 Å². The number of nitrogens with one attached hydrogen (secondary N) is 1. The highest BCUT2D eigenvalue weighted by molar-refractivity contribution is 9.10. The number of carbonyl (C=O) groups is 3. The molecule has 0 saturated carbocycles. The fourth-order valence-electron chi connectivity index (χ4n) is 2.26. The number of hydrogen-bond donors (Lipinski definition) is 3. The van der Waals surface area contributed by atoms with E-state index in [9.17, 15) is 19.5 Å². The number of carbonyl (C=O) groups excluding carboxylic acids is 2. The third-order valence-corrected chi connectivity index (χ3v) is 4.18. The average Bonchev–Trinajstić information content (AvgIpc) is 2.87. The SMILES string of the molecule is CC(O)(CNC(=O)C1CC(=O)N(c2cccc(Br)c2)C1)C(=O)O. The van der Waals surface area contributed by atoms with Crippen molar-refractivity contribution in [2.45, 2.75) is 18.9 Å². The van der Waals surface area contributed by atoms with Crippen molar-refractivity contribution < 1.29 is 24.6 Å². The topological polar surface area (TPSA) is 107 Å². The summed E-state index contributed by atoms with van der Waals surface area (Å²) in [4.78, 5) is 36.5. The summed E-state index contributed by atoms with van der Waals surface area (Å²) in [5, 5.41) is 20.8. The molecule has 2 atom stereocenters. The fraction of sp³-hybridized carbons (Fsp3) is 0.400. The van der Waals surface area contributed by atoms with Crippen molar-refractivity contribution >= 4 is 39.4 Å². The van der Waals surface area contributed by atoms with Gasteiger partial charge >= 0.3 is 5.97 Å². The van der Waals surface area contributed by atoms with E-state index in [0.717, 1.165) is 11.4 Å². The lowest BCUT2D eigenvalue weighted by Gasteiger charge is -2.20. The number of benzene rings is 1. The molecule has 1 aromatic carbocycles. The molecule has 0 aromatic heterocycles. The molecule has 1 saturated heterocycles. The van der Waals surface area contributed by atoms with Crippen molar-refractivity contribution in [3.63, 3.8) is 0 Å². The standard InChI is InChI=1S/C15H17BrN2O5/c1-15(23,14(21)22)8-17-13(20)9-5-12(19)18(7-9)11-4-2-3-10(16)6-11/h2-4,6,9,23H,5,7-8H2,1H3,(H,17,20)(H,21,22). The van der Waals surface area contributed by atoms with Gasteiger partial charge in [-0.1, -0.05) is 22.0 Å². The van der Waals surface area contributed by atoms with Gasteiger partial charge in [0.25, 0.3) is 0 Å². The normalized spacial score (nSPS) is 20.2. The number of aliphatic hydroxyl groups is 1. The third kappa shape index (κ3) is 4.08. The lowest BCUT2D eigenvalue weighted by molar-refractivity contribution is -0.156. The summed E-state index contributed by atoms with van der Waals surface area (Å²) in [6, 6.07) is 7.19. The van der Waals surface area contributed by atoms with Crippen LogP contribution in [0.15, 0.2) is 28.7 Å². The molecule has 3 N–H and O–H groups in total. The van der Waals surface area contributed by atoms with Gasteiger partial charge < -0.3 is 20.4 Å². The molecule has 124 valence electrons. The predicted octanol–water partition coefficient (Wildman–Crippen LogP) is 0.754. The van der Waals surface area contributed by atoms with E-state index in [1.807, 2.05) is 6.07 Å². The Hall–Kier alpha value is -1.93. The Labute approximate surface area is 141 Å². The molecular formula is C15H17BrN2O5. The minimum Gasteiger partial charge on any atom is -0.479 e. The van der Waals surface area contributed by atoms with Gasteiger partial charge in [-0.3, -0.25) is 9.59 Å². The smallest absolute Gasteiger partial charge is 0.337 e. The second-order valence-electron chi connectivity index (χ2n) is 5.68. The lowest BCUT2D eigenvalue weighted by atomic mass is 10.1. The number of halogens is 1. The van der Waals surface area contributed by atoms with E-state index < -0.39 is 29.9 Å². The van der Waals surface area contributed by atoms with E-state index in [1.54, 1.807) is 18.2 Å². The first-order chi connectivity index (χ1) is 10.7. The molecule has 1 heterocycles. The Bertz CT molecular complexity index is 647. The van der Waals surface area contributed by atoms with Crippen LogP contribution in [0.5, 0.6) is 0 Å². The van der Waals surface area contributed by atoms with Gasteiger partial charge in [-0.15, -0.1) is 0 Å². The predicted molar refractivity (Wildman–Crippen MR) is 85.9 cm³/mol. The number of hydrogen-bond acceptors (Lipinski definition) is 4. The van der Waals surface area contributed by atoms with Crippen LogP contribution in [-0.4, -0.2) is 46.7 Å². The number of rotatable bonds is 5. The molecule has 8 heteroatoms. The highest BCUT2D eigenvalue weighted by Gasteiger charge is 2.37. The summed E-state index contributed by atoms with van der Waals surface area (Å²) in [7, 11) is 0. The molecule has 0 aliphatic carbocycles. The van der Waals surface area contributed by atoms with Crippen LogP contribution in [0.25, 0.3) is 0 Å². The van der Waals surface area contributed by atoms with Crippen molar-refractivity contribution in [1.29, 1.82) is 0 Å². The third-order valence-electron chi connectivity index (χ3n) is 3.68. The van der Waals surface area contributed by atoms with Crippen LogP contribution in [-0.2, 0) is 14.4 Å². The summed E-state index contributed by atoms with van der Waals surface area (Å²) in [6.45, 7) is 0.905. The van der Waals surface area contributed by atoms with E-state index >= 15 is 0 Å². The molecule has 0 radical (unpaired) electrons. The second-order valence-corrected chi connectivity index (χ2v) is 6.60. The summed E-state index contributed by atoms with van der Waals surface area (Å²) in [6.07, 6.45) is 0.0492. The van der Waals surface area contributed by atoms with Gasteiger partial charge in [0.05, 0.1) is 12.5 Å². The van der Waals surface area contributed by atoms with Crippen LogP contribution >= 0.6 is 15.9 Å². The number of anilines is 1. The summed E-state index contributed by atoms with van der Waals surface area (Å²) >= 11 is 3.33.